The van der Waals surface area contributed by atoms with Crippen molar-refractivity contribution < 1.29 is 9.59 Å². The number of hydrogen-bond donors (Lipinski definition) is 0. The molecule has 1 aliphatic rings. The Kier molecular flexibility index (Phi) is 3.18. The molecule has 2 amide bonds. The number of carbonyl (C=O) groups excluding carboxylic acids is 2. The van der Waals surface area contributed by atoms with Crippen LogP contribution in [0.1, 0.15) is 26.4 Å². The van der Waals surface area contributed by atoms with Gasteiger partial charge in [0.15, 0.2) is 0 Å². The molecule has 1 aliphatic heterocycles. The molecule has 0 radical (unpaired) electrons. The van der Waals surface area contributed by atoms with Gasteiger partial charge in [-0.15, -0.1) is 0 Å². The summed E-state index contributed by atoms with van der Waals surface area (Å²) in [6.45, 7) is 0.246. The van der Waals surface area contributed by atoms with Crippen molar-refractivity contribution in [2.24, 2.45) is 0 Å². The van der Waals surface area contributed by atoms with Crippen LogP contribution in [0.15, 0.2) is 79.0 Å². The monoisotopic (exact) mass is 377 g/mol. The molecule has 0 saturated carbocycles. The molecule has 0 unspecified atom stereocenters. The van der Waals surface area contributed by atoms with Crippen LogP contribution >= 0.6 is 0 Å². The molecule has 0 aliphatic carbocycles. The Labute approximate surface area is 165 Å². The highest BCUT2D eigenvalue weighted by Gasteiger charge is 2.40. The lowest BCUT2D eigenvalue weighted by atomic mass is 10.1. The number of rotatable bonds is 2. The standard InChI is InChI=1S/C24H15N3O2/c28-23-20-17-10-6-12-25-21(17)19-13-16-9-4-5-11-18(16)27(19)22(20)24(29)26(23)14-15-7-2-1-3-8-15/h1-13H,14H2. The first-order valence-electron chi connectivity index (χ1n) is 9.45. The van der Waals surface area contributed by atoms with Gasteiger partial charge in [-0.05, 0) is 23.8 Å². The topological polar surface area (TPSA) is 54.7 Å². The highest BCUT2D eigenvalue weighted by Crippen LogP contribution is 2.36. The van der Waals surface area contributed by atoms with Gasteiger partial charge in [0.25, 0.3) is 11.8 Å². The first-order valence-corrected chi connectivity index (χ1v) is 9.45. The van der Waals surface area contributed by atoms with Crippen LogP contribution < -0.4 is 0 Å². The van der Waals surface area contributed by atoms with Gasteiger partial charge in [-0.1, -0.05) is 54.6 Å². The summed E-state index contributed by atoms with van der Waals surface area (Å²) in [5, 5.41) is 1.72. The average molecular weight is 377 g/mol. The molecule has 29 heavy (non-hydrogen) atoms. The Balaban J connectivity index is 1.69. The molecule has 5 aromatic rings. The van der Waals surface area contributed by atoms with E-state index in [1.54, 1.807) is 12.3 Å². The quantitative estimate of drug-likeness (QED) is 0.428. The third-order valence-electron chi connectivity index (χ3n) is 5.58. The van der Waals surface area contributed by atoms with Gasteiger partial charge >= 0.3 is 0 Å². The molecule has 4 heterocycles. The zero-order valence-electron chi connectivity index (χ0n) is 15.4. The second-order valence-electron chi connectivity index (χ2n) is 7.23. The Morgan fingerprint density at radius 1 is 0.793 bits per heavy atom. The van der Waals surface area contributed by atoms with E-state index in [1.165, 1.54) is 4.90 Å². The SMILES string of the molecule is O=C1c2c(n3c4ccccc4cc3c3ncccc23)C(=O)N1Cc1ccccc1. The molecule has 0 atom stereocenters. The number of para-hydroxylation sites is 1. The molecule has 0 bridgehead atoms. The smallest absolute Gasteiger partial charge is 0.278 e. The maximum absolute atomic E-state index is 13.5. The minimum Gasteiger partial charge on any atom is -0.302 e. The molecule has 0 spiro atoms. The first kappa shape index (κ1) is 16.0. The fraction of sp³-hybridized carbons (Fsp3) is 0.0417. The predicted octanol–water partition coefficient (Wildman–Crippen LogP) is 4.44. The molecular formula is C24H15N3O2. The zero-order valence-corrected chi connectivity index (χ0v) is 15.4. The highest BCUT2D eigenvalue weighted by molar-refractivity contribution is 6.27. The lowest BCUT2D eigenvalue weighted by molar-refractivity contribution is 0.0640. The van der Waals surface area contributed by atoms with E-state index >= 15 is 0 Å². The summed E-state index contributed by atoms with van der Waals surface area (Å²) in [5.74, 6) is -0.544. The second kappa shape index (κ2) is 5.75. The van der Waals surface area contributed by atoms with Gasteiger partial charge in [0.1, 0.15) is 5.69 Å². The number of aromatic nitrogens is 2. The molecule has 5 heteroatoms. The third kappa shape index (κ3) is 2.12. The van der Waals surface area contributed by atoms with Crippen molar-refractivity contribution in [1.82, 2.24) is 14.3 Å². The molecule has 6 rings (SSSR count). The minimum atomic E-state index is -0.272. The van der Waals surface area contributed by atoms with Crippen LogP contribution in [0, 0.1) is 0 Å². The van der Waals surface area contributed by atoms with Crippen LogP contribution in [-0.2, 0) is 6.54 Å². The lowest BCUT2D eigenvalue weighted by Crippen LogP contribution is -2.29. The van der Waals surface area contributed by atoms with Gasteiger partial charge in [0, 0.05) is 17.0 Å². The minimum absolute atomic E-state index is 0.246. The van der Waals surface area contributed by atoms with Crippen molar-refractivity contribution in [3.05, 3.63) is 95.8 Å². The van der Waals surface area contributed by atoms with E-state index in [2.05, 4.69) is 4.98 Å². The van der Waals surface area contributed by atoms with Gasteiger partial charge < -0.3 is 4.40 Å². The van der Waals surface area contributed by atoms with E-state index in [4.69, 9.17) is 0 Å². The summed E-state index contributed by atoms with van der Waals surface area (Å²) >= 11 is 0. The van der Waals surface area contributed by atoms with Crippen LogP contribution in [0.5, 0.6) is 0 Å². The van der Waals surface area contributed by atoms with Gasteiger partial charge in [-0.2, -0.15) is 0 Å². The number of fused-ring (bicyclic) bond motifs is 8. The largest absolute Gasteiger partial charge is 0.302 e. The molecule has 5 nitrogen and oxygen atoms in total. The number of nitrogens with zero attached hydrogens (tertiary/aromatic N) is 3. The fourth-order valence-electron chi connectivity index (χ4n) is 4.30. The molecule has 0 fully saturated rings. The number of hydrogen-bond acceptors (Lipinski definition) is 3. The molecule has 3 aromatic heterocycles. The Hall–Kier alpha value is -3.99. The lowest BCUT2D eigenvalue weighted by Gasteiger charge is -2.13. The first-order chi connectivity index (χ1) is 14.2. The summed E-state index contributed by atoms with van der Waals surface area (Å²) < 4.78 is 1.89. The third-order valence-corrected chi connectivity index (χ3v) is 5.58. The van der Waals surface area contributed by atoms with Crippen molar-refractivity contribution in [2.75, 3.05) is 0 Å². The van der Waals surface area contributed by atoms with E-state index in [1.807, 2.05) is 71.1 Å². The van der Waals surface area contributed by atoms with E-state index < -0.39 is 0 Å². The number of amides is 2. The second-order valence-corrected chi connectivity index (χ2v) is 7.23. The van der Waals surface area contributed by atoms with Gasteiger partial charge in [-0.3, -0.25) is 19.5 Å². The summed E-state index contributed by atoms with van der Waals surface area (Å²) in [5.41, 5.74) is 4.23. The number of carbonyl (C=O) groups is 2. The van der Waals surface area contributed by atoms with E-state index in [0.717, 1.165) is 27.5 Å². The summed E-state index contributed by atoms with van der Waals surface area (Å²) in [6, 6.07) is 23.2. The van der Waals surface area contributed by atoms with Crippen LogP contribution in [0.4, 0.5) is 0 Å². The molecule has 138 valence electrons. The summed E-state index contributed by atoms with van der Waals surface area (Å²) in [4.78, 5) is 32.7. The van der Waals surface area contributed by atoms with E-state index in [9.17, 15) is 9.59 Å². The van der Waals surface area contributed by atoms with Crippen LogP contribution in [-0.4, -0.2) is 26.1 Å². The Bertz CT molecular complexity index is 1470. The molecule has 0 saturated heterocycles. The van der Waals surface area contributed by atoms with Gasteiger partial charge in [0.05, 0.1) is 28.7 Å². The average Bonchev–Trinajstić information content (AvgIpc) is 3.26. The van der Waals surface area contributed by atoms with Crippen molar-refractivity contribution in [1.29, 1.82) is 0 Å². The highest BCUT2D eigenvalue weighted by atomic mass is 16.2. The fourth-order valence-corrected chi connectivity index (χ4v) is 4.30. The number of pyridine rings is 2. The summed E-state index contributed by atoms with van der Waals surface area (Å²) in [7, 11) is 0. The molecular weight excluding hydrogens is 362 g/mol. The van der Waals surface area contributed by atoms with Crippen molar-refractivity contribution in [3.63, 3.8) is 0 Å². The Morgan fingerprint density at radius 2 is 1.59 bits per heavy atom. The molecule has 2 aromatic carbocycles. The van der Waals surface area contributed by atoms with Crippen molar-refractivity contribution >= 4 is 39.1 Å². The van der Waals surface area contributed by atoms with Gasteiger partial charge in [-0.25, -0.2) is 0 Å². The predicted molar refractivity (Wildman–Crippen MR) is 111 cm³/mol. The van der Waals surface area contributed by atoms with E-state index in [-0.39, 0.29) is 18.4 Å². The number of imide groups is 1. The number of benzene rings is 2. The van der Waals surface area contributed by atoms with Crippen LogP contribution in [0.25, 0.3) is 27.3 Å². The van der Waals surface area contributed by atoms with Crippen molar-refractivity contribution in [3.8, 4) is 0 Å². The van der Waals surface area contributed by atoms with Crippen LogP contribution in [0.2, 0.25) is 0 Å². The van der Waals surface area contributed by atoms with Gasteiger partial charge in [0.2, 0.25) is 0 Å². The van der Waals surface area contributed by atoms with Crippen molar-refractivity contribution in [2.45, 2.75) is 6.54 Å². The Morgan fingerprint density at radius 3 is 2.45 bits per heavy atom. The maximum atomic E-state index is 13.5. The van der Waals surface area contributed by atoms with E-state index in [0.29, 0.717) is 16.6 Å². The molecule has 0 N–H and O–H groups in total. The normalized spacial score (nSPS) is 13.7. The summed E-state index contributed by atoms with van der Waals surface area (Å²) in [6.07, 6.45) is 1.72. The zero-order chi connectivity index (χ0) is 19.5. The van der Waals surface area contributed by atoms with Crippen LogP contribution in [0.3, 0.4) is 0 Å². The maximum Gasteiger partial charge on any atom is 0.278 e.